The molecule has 1 aromatic heterocycles. The number of carbonyl (C=O) groups excluding carboxylic acids is 1. The maximum absolute atomic E-state index is 12.0. The number of carboxylic acids is 1. The fraction of sp³-hybridized carbons (Fsp3) is 0.583. The molecule has 1 unspecified atom stereocenters. The smallest absolute Gasteiger partial charge is 0.354 e. The van der Waals surface area contributed by atoms with E-state index < -0.39 is 12.0 Å². The molecule has 0 aromatic carbocycles. The second-order valence-electron chi connectivity index (χ2n) is 4.63. The highest BCUT2D eigenvalue weighted by atomic mass is 16.4. The minimum absolute atomic E-state index is 0.0315. The molecule has 1 aliphatic carbocycles. The van der Waals surface area contributed by atoms with E-state index in [1.165, 1.54) is 16.9 Å². The van der Waals surface area contributed by atoms with Crippen LogP contribution in [0.4, 0.5) is 0 Å². The van der Waals surface area contributed by atoms with Crippen LogP contribution in [0, 0.1) is 0 Å². The number of hydrogen-bond donors (Lipinski definition) is 2. The van der Waals surface area contributed by atoms with E-state index in [0.717, 1.165) is 25.7 Å². The monoisotopic (exact) mass is 251 g/mol. The number of nitrogens with zero attached hydrogens (tertiary/aromatic N) is 2. The molecule has 1 fully saturated rings. The molecule has 0 radical (unpaired) electrons. The van der Waals surface area contributed by atoms with Crippen LogP contribution in [0.1, 0.15) is 49.1 Å². The van der Waals surface area contributed by atoms with Crippen molar-refractivity contribution in [3.8, 4) is 0 Å². The molecule has 1 aliphatic rings. The van der Waals surface area contributed by atoms with Crippen molar-refractivity contribution in [1.82, 2.24) is 15.1 Å². The maximum Gasteiger partial charge on any atom is 0.354 e. The predicted molar refractivity (Wildman–Crippen MR) is 64.3 cm³/mol. The molecule has 0 saturated heterocycles. The van der Waals surface area contributed by atoms with Crippen LogP contribution in [-0.2, 0) is 4.79 Å². The van der Waals surface area contributed by atoms with E-state index in [4.69, 9.17) is 5.11 Å². The molecular weight excluding hydrogens is 234 g/mol. The van der Waals surface area contributed by atoms with Crippen molar-refractivity contribution in [2.45, 2.75) is 44.7 Å². The van der Waals surface area contributed by atoms with Gasteiger partial charge in [-0.25, -0.2) is 9.48 Å². The van der Waals surface area contributed by atoms with E-state index in [-0.39, 0.29) is 17.6 Å². The van der Waals surface area contributed by atoms with E-state index in [1.807, 2.05) is 0 Å². The largest absolute Gasteiger partial charge is 0.477 e. The summed E-state index contributed by atoms with van der Waals surface area (Å²) in [7, 11) is 0. The van der Waals surface area contributed by atoms with Gasteiger partial charge in [0.2, 0.25) is 5.91 Å². The summed E-state index contributed by atoms with van der Waals surface area (Å²) in [4.78, 5) is 23.0. The van der Waals surface area contributed by atoms with E-state index in [2.05, 4.69) is 10.4 Å². The van der Waals surface area contributed by atoms with Crippen molar-refractivity contribution in [3.63, 3.8) is 0 Å². The van der Waals surface area contributed by atoms with Gasteiger partial charge in [0, 0.05) is 12.2 Å². The highest BCUT2D eigenvalue weighted by molar-refractivity contribution is 5.87. The number of hydrogen-bond acceptors (Lipinski definition) is 3. The molecule has 98 valence electrons. The van der Waals surface area contributed by atoms with Crippen LogP contribution in [0.5, 0.6) is 0 Å². The number of rotatable bonds is 4. The Hall–Kier alpha value is -1.85. The maximum atomic E-state index is 12.0. The summed E-state index contributed by atoms with van der Waals surface area (Å²) in [6.07, 6.45) is 5.68. The molecule has 6 nitrogen and oxygen atoms in total. The Kier molecular flexibility index (Phi) is 3.64. The topological polar surface area (TPSA) is 84.2 Å². The van der Waals surface area contributed by atoms with Gasteiger partial charge in [-0.2, -0.15) is 5.10 Å². The quantitative estimate of drug-likeness (QED) is 0.842. The minimum atomic E-state index is -1.08. The number of aromatic nitrogens is 2. The summed E-state index contributed by atoms with van der Waals surface area (Å²) < 4.78 is 1.24. The lowest BCUT2D eigenvalue weighted by atomic mass is 10.2. The van der Waals surface area contributed by atoms with Crippen LogP contribution in [0.25, 0.3) is 0 Å². The van der Waals surface area contributed by atoms with E-state index in [9.17, 15) is 9.59 Å². The van der Waals surface area contributed by atoms with E-state index in [1.54, 1.807) is 6.92 Å². The molecule has 2 N–H and O–H groups in total. The van der Waals surface area contributed by atoms with Crippen LogP contribution in [0.3, 0.4) is 0 Å². The normalized spacial score (nSPS) is 17.6. The zero-order valence-electron chi connectivity index (χ0n) is 10.3. The number of aromatic carboxylic acids is 1. The third-order valence-corrected chi connectivity index (χ3v) is 3.34. The van der Waals surface area contributed by atoms with Crippen LogP contribution < -0.4 is 5.32 Å². The average molecular weight is 251 g/mol. The Morgan fingerprint density at radius 2 is 2.17 bits per heavy atom. The second-order valence-corrected chi connectivity index (χ2v) is 4.63. The standard InChI is InChI=1S/C12H17N3O3/c1-8(11(16)14-9-4-2-3-5-9)15-10(12(17)18)6-7-13-15/h6-9H,2-5H2,1H3,(H,14,16)(H,17,18). The first-order valence-electron chi connectivity index (χ1n) is 6.17. The third-order valence-electron chi connectivity index (χ3n) is 3.34. The van der Waals surface area contributed by atoms with Crippen molar-refractivity contribution in [3.05, 3.63) is 18.0 Å². The molecule has 1 aromatic rings. The van der Waals surface area contributed by atoms with Gasteiger partial charge >= 0.3 is 5.97 Å². The zero-order chi connectivity index (χ0) is 13.1. The van der Waals surface area contributed by atoms with Gasteiger partial charge in [0.05, 0.1) is 0 Å². The van der Waals surface area contributed by atoms with Gasteiger partial charge in [0.15, 0.2) is 0 Å². The number of carboxylic acid groups (broad SMARTS) is 1. The molecule has 1 atom stereocenters. The molecule has 0 spiro atoms. The van der Waals surface area contributed by atoms with Crippen molar-refractivity contribution >= 4 is 11.9 Å². The molecule has 1 saturated carbocycles. The first kappa shape index (κ1) is 12.6. The Morgan fingerprint density at radius 3 is 2.78 bits per heavy atom. The number of carbonyl (C=O) groups is 2. The highest BCUT2D eigenvalue weighted by Gasteiger charge is 2.24. The minimum Gasteiger partial charge on any atom is -0.477 e. The van der Waals surface area contributed by atoms with Crippen molar-refractivity contribution in [2.24, 2.45) is 0 Å². The third kappa shape index (κ3) is 2.52. The van der Waals surface area contributed by atoms with Gasteiger partial charge in [-0.15, -0.1) is 0 Å². The molecule has 0 bridgehead atoms. The first-order valence-corrected chi connectivity index (χ1v) is 6.17. The van der Waals surface area contributed by atoms with Gasteiger partial charge in [0.25, 0.3) is 0 Å². The van der Waals surface area contributed by atoms with Gasteiger partial charge in [-0.1, -0.05) is 12.8 Å². The molecule has 0 aliphatic heterocycles. The lowest BCUT2D eigenvalue weighted by molar-refractivity contribution is -0.124. The molecule has 1 heterocycles. The Labute approximate surface area is 105 Å². The van der Waals surface area contributed by atoms with Gasteiger partial charge in [-0.05, 0) is 25.8 Å². The van der Waals surface area contributed by atoms with Gasteiger partial charge in [-0.3, -0.25) is 4.79 Å². The Morgan fingerprint density at radius 1 is 1.50 bits per heavy atom. The lowest BCUT2D eigenvalue weighted by Crippen LogP contribution is -2.38. The SMILES string of the molecule is CC(C(=O)NC1CCCC1)n1nccc1C(=O)O. The van der Waals surface area contributed by atoms with Crippen molar-refractivity contribution in [2.75, 3.05) is 0 Å². The van der Waals surface area contributed by atoms with Crippen molar-refractivity contribution < 1.29 is 14.7 Å². The molecule has 1 amide bonds. The summed E-state index contributed by atoms with van der Waals surface area (Å²) >= 11 is 0. The lowest BCUT2D eigenvalue weighted by Gasteiger charge is -2.17. The number of amides is 1. The highest BCUT2D eigenvalue weighted by Crippen LogP contribution is 2.19. The molecular formula is C12H17N3O3. The van der Waals surface area contributed by atoms with Gasteiger partial charge < -0.3 is 10.4 Å². The van der Waals surface area contributed by atoms with E-state index >= 15 is 0 Å². The second kappa shape index (κ2) is 5.20. The zero-order valence-corrected chi connectivity index (χ0v) is 10.3. The predicted octanol–water partition coefficient (Wildman–Crippen LogP) is 1.20. The summed E-state index contributed by atoms with van der Waals surface area (Å²) in [6, 6.07) is 1.01. The summed E-state index contributed by atoms with van der Waals surface area (Å²) in [6.45, 7) is 1.66. The van der Waals surface area contributed by atoms with Gasteiger partial charge in [0.1, 0.15) is 11.7 Å². The average Bonchev–Trinajstić information content (AvgIpc) is 2.97. The van der Waals surface area contributed by atoms with E-state index in [0.29, 0.717) is 0 Å². The molecule has 6 heteroatoms. The van der Waals surface area contributed by atoms with Crippen LogP contribution in [-0.4, -0.2) is 32.8 Å². The van der Waals surface area contributed by atoms with Crippen LogP contribution in [0.2, 0.25) is 0 Å². The Bertz CT molecular complexity index is 449. The Balaban J connectivity index is 2.05. The molecule has 2 rings (SSSR count). The van der Waals surface area contributed by atoms with Crippen LogP contribution >= 0.6 is 0 Å². The van der Waals surface area contributed by atoms with Crippen LogP contribution in [0.15, 0.2) is 12.3 Å². The summed E-state index contributed by atoms with van der Waals surface area (Å²) in [5.74, 6) is -1.25. The number of nitrogens with one attached hydrogen (secondary N) is 1. The summed E-state index contributed by atoms with van der Waals surface area (Å²) in [5, 5.41) is 15.8. The molecule has 18 heavy (non-hydrogen) atoms. The summed E-state index contributed by atoms with van der Waals surface area (Å²) in [5.41, 5.74) is 0.0315. The van der Waals surface area contributed by atoms with Crippen molar-refractivity contribution in [1.29, 1.82) is 0 Å². The fourth-order valence-electron chi connectivity index (χ4n) is 2.30. The first-order chi connectivity index (χ1) is 8.59. The fourth-order valence-corrected chi connectivity index (χ4v) is 2.30.